The van der Waals surface area contributed by atoms with Crippen molar-refractivity contribution in [3.63, 3.8) is 0 Å². The Morgan fingerprint density at radius 3 is 1.73 bits per heavy atom. The van der Waals surface area contributed by atoms with Crippen LogP contribution < -0.4 is 0 Å². The topological polar surface area (TPSA) is 18.5 Å². The first-order chi connectivity index (χ1) is 5.26. The molecule has 2 nitrogen and oxygen atoms in total. The third kappa shape index (κ3) is 0.926. The van der Waals surface area contributed by atoms with Gasteiger partial charge in [0.2, 0.25) is 0 Å². The number of hydrogen-bond donors (Lipinski definition) is 0. The molecule has 2 heteroatoms. The van der Waals surface area contributed by atoms with Crippen LogP contribution in [0, 0.1) is 11.8 Å². The van der Waals surface area contributed by atoms with Crippen LogP contribution in [0.5, 0.6) is 0 Å². The lowest BCUT2D eigenvalue weighted by molar-refractivity contribution is -0.218. The maximum absolute atomic E-state index is 5.70. The van der Waals surface area contributed by atoms with Crippen molar-refractivity contribution >= 4 is 0 Å². The molecule has 2 fully saturated rings. The Kier molecular flexibility index (Phi) is 1.69. The molecule has 0 amide bonds. The van der Waals surface area contributed by atoms with Gasteiger partial charge in [-0.05, 0) is 12.8 Å². The van der Waals surface area contributed by atoms with Gasteiger partial charge in [-0.25, -0.2) is 0 Å². The zero-order valence-electron chi connectivity index (χ0n) is 7.30. The van der Waals surface area contributed by atoms with E-state index in [0.717, 1.165) is 26.1 Å². The second kappa shape index (κ2) is 2.46. The quantitative estimate of drug-likeness (QED) is 0.532. The molecule has 1 spiro atoms. The lowest BCUT2D eigenvalue weighted by Gasteiger charge is -2.31. The Balaban J connectivity index is 2.19. The number of ether oxygens (including phenoxy) is 2. The molecular formula is C9H16O2. The van der Waals surface area contributed by atoms with Gasteiger partial charge in [0.15, 0.2) is 5.79 Å². The summed E-state index contributed by atoms with van der Waals surface area (Å²) in [6, 6.07) is 0. The second-order valence-electron chi connectivity index (χ2n) is 3.80. The zero-order chi connectivity index (χ0) is 7.90. The van der Waals surface area contributed by atoms with Crippen LogP contribution >= 0.6 is 0 Å². The van der Waals surface area contributed by atoms with Crippen molar-refractivity contribution in [1.29, 1.82) is 0 Å². The standard InChI is InChI=1S/C9H16O2/c1-7-3-5-10-9(7)8(2)4-6-11-9/h7-8H,3-6H2,1-2H3. The molecule has 0 aromatic rings. The molecule has 2 unspecified atom stereocenters. The van der Waals surface area contributed by atoms with Gasteiger partial charge in [-0.2, -0.15) is 0 Å². The molecule has 64 valence electrons. The summed E-state index contributed by atoms with van der Waals surface area (Å²) < 4.78 is 11.4. The first-order valence-electron chi connectivity index (χ1n) is 4.53. The van der Waals surface area contributed by atoms with Crippen LogP contribution in [-0.2, 0) is 9.47 Å². The van der Waals surface area contributed by atoms with Crippen LogP contribution in [0.4, 0.5) is 0 Å². The van der Waals surface area contributed by atoms with Gasteiger partial charge in [0, 0.05) is 11.8 Å². The molecule has 2 heterocycles. The molecule has 0 bridgehead atoms. The fourth-order valence-electron chi connectivity index (χ4n) is 2.29. The van der Waals surface area contributed by atoms with E-state index in [1.165, 1.54) is 0 Å². The van der Waals surface area contributed by atoms with Gasteiger partial charge in [0.1, 0.15) is 0 Å². The number of rotatable bonds is 0. The highest BCUT2D eigenvalue weighted by atomic mass is 16.7. The molecular weight excluding hydrogens is 140 g/mol. The Hall–Kier alpha value is -0.0800. The van der Waals surface area contributed by atoms with Crippen LogP contribution in [0.3, 0.4) is 0 Å². The van der Waals surface area contributed by atoms with Gasteiger partial charge in [-0.1, -0.05) is 13.8 Å². The molecule has 0 radical (unpaired) electrons. The van der Waals surface area contributed by atoms with Crippen molar-refractivity contribution in [2.24, 2.45) is 11.8 Å². The summed E-state index contributed by atoms with van der Waals surface area (Å²) >= 11 is 0. The van der Waals surface area contributed by atoms with E-state index in [4.69, 9.17) is 9.47 Å². The number of hydrogen-bond acceptors (Lipinski definition) is 2. The summed E-state index contributed by atoms with van der Waals surface area (Å²) in [5.41, 5.74) is 0. The van der Waals surface area contributed by atoms with Crippen molar-refractivity contribution in [2.45, 2.75) is 32.5 Å². The SMILES string of the molecule is CC1CCOC12OCCC2C. The van der Waals surface area contributed by atoms with E-state index >= 15 is 0 Å². The normalized spacial score (nSPS) is 50.7. The van der Waals surface area contributed by atoms with Crippen molar-refractivity contribution < 1.29 is 9.47 Å². The van der Waals surface area contributed by atoms with Gasteiger partial charge >= 0.3 is 0 Å². The maximum Gasteiger partial charge on any atom is 0.173 e. The Bertz CT molecular complexity index is 138. The van der Waals surface area contributed by atoms with Gasteiger partial charge < -0.3 is 9.47 Å². The van der Waals surface area contributed by atoms with Crippen molar-refractivity contribution in [3.8, 4) is 0 Å². The van der Waals surface area contributed by atoms with Gasteiger partial charge in [-0.3, -0.25) is 0 Å². The van der Waals surface area contributed by atoms with Gasteiger partial charge in [-0.15, -0.1) is 0 Å². The van der Waals surface area contributed by atoms with E-state index in [2.05, 4.69) is 13.8 Å². The molecule has 2 saturated heterocycles. The molecule has 2 aliphatic heterocycles. The van der Waals surface area contributed by atoms with Crippen molar-refractivity contribution in [2.75, 3.05) is 13.2 Å². The Labute approximate surface area is 67.9 Å². The third-order valence-electron chi connectivity index (χ3n) is 3.13. The Morgan fingerprint density at radius 2 is 1.45 bits per heavy atom. The molecule has 0 aromatic carbocycles. The minimum Gasteiger partial charge on any atom is -0.349 e. The molecule has 2 rings (SSSR count). The first kappa shape index (κ1) is 7.56. The highest BCUT2D eigenvalue weighted by Crippen LogP contribution is 2.44. The molecule has 0 N–H and O–H groups in total. The monoisotopic (exact) mass is 156 g/mol. The summed E-state index contributed by atoms with van der Waals surface area (Å²) in [7, 11) is 0. The fraction of sp³-hybridized carbons (Fsp3) is 1.00. The highest BCUT2D eigenvalue weighted by molar-refractivity contribution is 4.90. The summed E-state index contributed by atoms with van der Waals surface area (Å²) in [6.45, 7) is 6.22. The maximum atomic E-state index is 5.70. The van der Waals surface area contributed by atoms with Crippen molar-refractivity contribution in [3.05, 3.63) is 0 Å². The predicted molar refractivity (Wildman–Crippen MR) is 42.2 cm³/mol. The largest absolute Gasteiger partial charge is 0.349 e. The summed E-state index contributed by atoms with van der Waals surface area (Å²) in [5.74, 6) is 0.972. The molecule has 0 saturated carbocycles. The third-order valence-corrected chi connectivity index (χ3v) is 3.13. The molecule has 0 aromatic heterocycles. The predicted octanol–water partition coefficient (Wildman–Crippen LogP) is 1.80. The second-order valence-corrected chi connectivity index (χ2v) is 3.80. The highest BCUT2D eigenvalue weighted by Gasteiger charge is 2.50. The van der Waals surface area contributed by atoms with Gasteiger partial charge in [0.25, 0.3) is 0 Å². The van der Waals surface area contributed by atoms with Crippen LogP contribution in [0.1, 0.15) is 26.7 Å². The van der Waals surface area contributed by atoms with Crippen molar-refractivity contribution in [1.82, 2.24) is 0 Å². The lowest BCUT2D eigenvalue weighted by atomic mass is 9.89. The average Bonchev–Trinajstić information content (AvgIpc) is 2.48. The minimum atomic E-state index is -0.194. The molecule has 2 atom stereocenters. The molecule has 11 heavy (non-hydrogen) atoms. The average molecular weight is 156 g/mol. The van der Waals surface area contributed by atoms with Gasteiger partial charge in [0.05, 0.1) is 13.2 Å². The zero-order valence-corrected chi connectivity index (χ0v) is 7.30. The van der Waals surface area contributed by atoms with Crippen LogP contribution in [0.15, 0.2) is 0 Å². The van der Waals surface area contributed by atoms with E-state index in [0.29, 0.717) is 11.8 Å². The van der Waals surface area contributed by atoms with E-state index in [9.17, 15) is 0 Å². The molecule has 2 aliphatic rings. The minimum absolute atomic E-state index is 0.194. The lowest BCUT2D eigenvalue weighted by Crippen LogP contribution is -2.38. The van der Waals surface area contributed by atoms with E-state index in [1.807, 2.05) is 0 Å². The summed E-state index contributed by atoms with van der Waals surface area (Å²) in [4.78, 5) is 0. The summed E-state index contributed by atoms with van der Waals surface area (Å²) in [6.07, 6.45) is 2.31. The first-order valence-corrected chi connectivity index (χ1v) is 4.53. The van der Waals surface area contributed by atoms with E-state index in [-0.39, 0.29) is 5.79 Å². The van der Waals surface area contributed by atoms with Crippen LogP contribution in [0.2, 0.25) is 0 Å². The fourth-order valence-corrected chi connectivity index (χ4v) is 2.29. The smallest absolute Gasteiger partial charge is 0.173 e. The Morgan fingerprint density at radius 1 is 1.00 bits per heavy atom. The summed E-state index contributed by atoms with van der Waals surface area (Å²) in [5, 5.41) is 0. The van der Waals surface area contributed by atoms with E-state index in [1.54, 1.807) is 0 Å². The molecule has 0 aliphatic carbocycles. The van der Waals surface area contributed by atoms with E-state index < -0.39 is 0 Å². The van der Waals surface area contributed by atoms with Crippen LogP contribution in [0.25, 0.3) is 0 Å². The van der Waals surface area contributed by atoms with Crippen LogP contribution in [-0.4, -0.2) is 19.0 Å².